The highest BCUT2D eigenvalue weighted by Crippen LogP contribution is 2.25. The Hall–Kier alpha value is -2.70. The maximum absolute atomic E-state index is 9.00. The lowest BCUT2D eigenvalue weighted by molar-refractivity contribution is 0.299. The summed E-state index contributed by atoms with van der Waals surface area (Å²) in [5, 5.41) is 20.2. The minimum absolute atomic E-state index is 0.163. The fourth-order valence-corrected chi connectivity index (χ4v) is 2.42. The largest absolute Gasteiger partial charge is 0.396 e. The predicted octanol–water partition coefficient (Wildman–Crippen LogP) is 3.31. The van der Waals surface area contributed by atoms with Gasteiger partial charge in [0.1, 0.15) is 6.07 Å². The molecule has 3 rings (SSSR count). The van der Waals surface area contributed by atoms with Gasteiger partial charge in [0.25, 0.3) is 0 Å². The van der Waals surface area contributed by atoms with Crippen LogP contribution in [0.2, 0.25) is 0 Å². The van der Waals surface area contributed by atoms with Crippen LogP contribution in [0.3, 0.4) is 0 Å². The van der Waals surface area contributed by atoms with Crippen molar-refractivity contribution in [2.45, 2.75) is 6.42 Å². The van der Waals surface area contributed by atoms with Gasteiger partial charge in [-0.3, -0.25) is 4.98 Å². The fraction of sp³-hybridized carbons (Fsp3) is 0.111. The molecule has 1 N–H and O–H groups in total. The zero-order valence-corrected chi connectivity index (χ0v) is 11.5. The van der Waals surface area contributed by atoms with E-state index in [0.29, 0.717) is 12.0 Å². The number of hydrogen-bond donors (Lipinski definition) is 1. The molecule has 0 radical (unpaired) electrons. The zero-order valence-electron chi connectivity index (χ0n) is 11.5. The smallest absolute Gasteiger partial charge is 0.101 e. The molecular formula is C18H14N2O. The predicted molar refractivity (Wildman–Crippen MR) is 82.7 cm³/mol. The third kappa shape index (κ3) is 2.76. The van der Waals surface area contributed by atoms with Crippen LogP contribution in [0.4, 0.5) is 0 Å². The molecule has 3 nitrogen and oxygen atoms in total. The van der Waals surface area contributed by atoms with Crippen LogP contribution in [0.1, 0.15) is 11.1 Å². The van der Waals surface area contributed by atoms with Crippen LogP contribution in [0.5, 0.6) is 0 Å². The van der Waals surface area contributed by atoms with Crippen molar-refractivity contribution in [3.8, 4) is 17.2 Å². The molecule has 0 aliphatic heterocycles. The number of nitrogens with zero attached hydrogens (tertiary/aromatic N) is 2. The van der Waals surface area contributed by atoms with Crippen LogP contribution in [-0.4, -0.2) is 16.7 Å². The Balaban J connectivity index is 2.05. The van der Waals surface area contributed by atoms with Crippen LogP contribution in [-0.2, 0) is 6.42 Å². The number of aliphatic hydroxyl groups excluding tert-OH is 1. The van der Waals surface area contributed by atoms with E-state index < -0.39 is 0 Å². The van der Waals surface area contributed by atoms with Crippen molar-refractivity contribution in [1.29, 1.82) is 5.26 Å². The van der Waals surface area contributed by atoms with E-state index in [1.807, 2.05) is 18.2 Å². The summed E-state index contributed by atoms with van der Waals surface area (Å²) < 4.78 is 0. The quantitative estimate of drug-likeness (QED) is 0.797. The third-order valence-corrected chi connectivity index (χ3v) is 3.51. The number of hydrogen-bond acceptors (Lipinski definition) is 3. The lowest BCUT2D eigenvalue weighted by atomic mass is 9.99. The van der Waals surface area contributed by atoms with Crippen molar-refractivity contribution in [3.05, 3.63) is 66.0 Å². The lowest BCUT2D eigenvalue weighted by Crippen LogP contribution is -1.90. The molecule has 102 valence electrons. The van der Waals surface area contributed by atoms with Crippen molar-refractivity contribution in [1.82, 2.24) is 4.98 Å². The lowest BCUT2D eigenvalue weighted by Gasteiger charge is -2.06. The summed E-state index contributed by atoms with van der Waals surface area (Å²) >= 11 is 0. The maximum atomic E-state index is 9.00. The van der Waals surface area contributed by atoms with Crippen LogP contribution >= 0.6 is 0 Å². The number of nitriles is 1. The van der Waals surface area contributed by atoms with Gasteiger partial charge in [0, 0.05) is 24.6 Å². The van der Waals surface area contributed by atoms with E-state index in [1.165, 1.54) is 0 Å². The Morgan fingerprint density at radius 1 is 0.952 bits per heavy atom. The Morgan fingerprint density at radius 2 is 1.76 bits per heavy atom. The summed E-state index contributed by atoms with van der Waals surface area (Å²) in [5.74, 6) is 0. The molecule has 0 saturated heterocycles. The summed E-state index contributed by atoms with van der Waals surface area (Å²) in [6.45, 7) is 0.163. The normalized spacial score (nSPS) is 10.5. The molecule has 0 spiro atoms. The Bertz CT molecular complexity index is 834. The molecule has 0 unspecified atom stereocenters. The fourth-order valence-electron chi connectivity index (χ4n) is 2.42. The van der Waals surface area contributed by atoms with Gasteiger partial charge in [-0.15, -0.1) is 0 Å². The number of aromatic nitrogens is 1. The standard InChI is InChI=1S/C18H14N2O/c19-10-14-8-18(12-20-11-14)17-4-3-15-7-13(5-6-21)1-2-16(15)9-17/h1-4,7-9,11-12,21H,5-6H2. The van der Waals surface area contributed by atoms with Gasteiger partial charge in [0.2, 0.25) is 0 Å². The molecule has 0 bridgehead atoms. The van der Waals surface area contributed by atoms with Crippen LogP contribution in [0, 0.1) is 11.3 Å². The minimum Gasteiger partial charge on any atom is -0.396 e. The molecule has 3 heteroatoms. The number of rotatable bonds is 3. The molecular weight excluding hydrogens is 260 g/mol. The molecule has 0 aliphatic rings. The highest BCUT2D eigenvalue weighted by atomic mass is 16.2. The minimum atomic E-state index is 0.163. The summed E-state index contributed by atoms with van der Waals surface area (Å²) in [5.41, 5.74) is 3.68. The Labute approximate surface area is 123 Å². The molecule has 1 heterocycles. The van der Waals surface area contributed by atoms with E-state index in [9.17, 15) is 0 Å². The van der Waals surface area contributed by atoms with E-state index in [2.05, 4.69) is 35.3 Å². The molecule has 0 aliphatic carbocycles. The molecule has 2 aromatic carbocycles. The van der Waals surface area contributed by atoms with Crippen LogP contribution in [0.15, 0.2) is 54.9 Å². The SMILES string of the molecule is N#Cc1cncc(-c2ccc3cc(CCO)ccc3c2)c1. The zero-order chi connectivity index (χ0) is 14.7. The first kappa shape index (κ1) is 13.3. The Kier molecular flexibility index (Phi) is 3.63. The maximum Gasteiger partial charge on any atom is 0.101 e. The van der Waals surface area contributed by atoms with Gasteiger partial charge in [-0.2, -0.15) is 5.26 Å². The highest BCUT2D eigenvalue weighted by Gasteiger charge is 2.03. The molecule has 0 atom stereocenters. The van der Waals surface area contributed by atoms with Gasteiger partial charge in [-0.25, -0.2) is 0 Å². The second-order valence-electron chi connectivity index (χ2n) is 4.94. The topological polar surface area (TPSA) is 56.9 Å². The number of fused-ring (bicyclic) bond motifs is 1. The third-order valence-electron chi connectivity index (χ3n) is 3.51. The van der Waals surface area contributed by atoms with Gasteiger partial charge in [0.15, 0.2) is 0 Å². The molecule has 21 heavy (non-hydrogen) atoms. The van der Waals surface area contributed by atoms with Gasteiger partial charge in [0.05, 0.1) is 5.56 Å². The highest BCUT2D eigenvalue weighted by molar-refractivity contribution is 5.87. The van der Waals surface area contributed by atoms with Crippen molar-refractivity contribution in [2.75, 3.05) is 6.61 Å². The molecule has 3 aromatic rings. The summed E-state index contributed by atoms with van der Waals surface area (Å²) in [6, 6.07) is 16.3. The first-order chi connectivity index (χ1) is 10.3. The number of aliphatic hydroxyl groups is 1. The van der Waals surface area contributed by atoms with Crippen LogP contribution < -0.4 is 0 Å². The average Bonchev–Trinajstić information content (AvgIpc) is 2.55. The summed E-state index contributed by atoms with van der Waals surface area (Å²) in [4.78, 5) is 4.10. The monoisotopic (exact) mass is 274 g/mol. The first-order valence-corrected chi connectivity index (χ1v) is 6.79. The molecule has 0 fully saturated rings. The Morgan fingerprint density at radius 3 is 2.57 bits per heavy atom. The molecule has 0 saturated carbocycles. The number of benzene rings is 2. The van der Waals surface area contributed by atoms with E-state index in [1.54, 1.807) is 12.4 Å². The first-order valence-electron chi connectivity index (χ1n) is 6.79. The second-order valence-corrected chi connectivity index (χ2v) is 4.94. The van der Waals surface area contributed by atoms with Crippen molar-refractivity contribution in [2.24, 2.45) is 0 Å². The van der Waals surface area contributed by atoms with Crippen molar-refractivity contribution in [3.63, 3.8) is 0 Å². The number of pyridine rings is 1. The van der Waals surface area contributed by atoms with Gasteiger partial charge >= 0.3 is 0 Å². The van der Waals surface area contributed by atoms with E-state index in [-0.39, 0.29) is 6.61 Å². The van der Waals surface area contributed by atoms with Crippen molar-refractivity contribution < 1.29 is 5.11 Å². The van der Waals surface area contributed by atoms with E-state index >= 15 is 0 Å². The van der Waals surface area contributed by atoms with E-state index in [4.69, 9.17) is 10.4 Å². The molecule has 0 amide bonds. The summed E-state index contributed by atoms with van der Waals surface area (Å²) in [6.07, 6.45) is 4.00. The average molecular weight is 274 g/mol. The van der Waals surface area contributed by atoms with E-state index in [0.717, 1.165) is 27.5 Å². The van der Waals surface area contributed by atoms with Crippen LogP contribution in [0.25, 0.3) is 21.9 Å². The molecule has 1 aromatic heterocycles. The second kappa shape index (κ2) is 5.74. The van der Waals surface area contributed by atoms with Gasteiger partial charge < -0.3 is 5.11 Å². The van der Waals surface area contributed by atoms with Crippen molar-refractivity contribution >= 4 is 10.8 Å². The van der Waals surface area contributed by atoms with Gasteiger partial charge in [-0.1, -0.05) is 30.3 Å². The summed E-state index contributed by atoms with van der Waals surface area (Å²) in [7, 11) is 0. The van der Waals surface area contributed by atoms with Gasteiger partial charge in [-0.05, 0) is 40.5 Å².